The van der Waals surface area contributed by atoms with Gasteiger partial charge in [-0.05, 0) is 6.92 Å². The van der Waals surface area contributed by atoms with Crippen LogP contribution in [-0.4, -0.2) is 29.8 Å². The van der Waals surface area contributed by atoms with E-state index in [1.165, 1.54) is 6.20 Å². The van der Waals surface area contributed by atoms with E-state index in [4.69, 9.17) is 4.52 Å². The molecule has 0 aliphatic carbocycles. The number of aromatic amines is 1. The third-order valence-corrected chi connectivity index (χ3v) is 4.44. The number of nitrogens with one attached hydrogen (secondary N) is 3. The molecule has 0 saturated heterocycles. The van der Waals surface area contributed by atoms with E-state index in [2.05, 4.69) is 25.4 Å². The van der Waals surface area contributed by atoms with Crippen molar-refractivity contribution in [1.82, 2.24) is 25.4 Å². The van der Waals surface area contributed by atoms with E-state index in [1.807, 2.05) is 13.8 Å². The second-order valence-electron chi connectivity index (χ2n) is 4.96. The van der Waals surface area contributed by atoms with E-state index in [-0.39, 0.29) is 17.5 Å². The minimum Gasteiger partial charge on any atom is -0.360 e. The van der Waals surface area contributed by atoms with Gasteiger partial charge in [-0.1, -0.05) is 19.0 Å². The highest BCUT2D eigenvalue weighted by molar-refractivity contribution is 7.89. The van der Waals surface area contributed by atoms with Gasteiger partial charge in [0.2, 0.25) is 10.0 Å². The summed E-state index contributed by atoms with van der Waals surface area (Å²) in [5.41, 5.74) is 0.965. The molecular weight excluding hydrogens is 294 g/mol. The van der Waals surface area contributed by atoms with Crippen LogP contribution in [0.25, 0.3) is 0 Å². The Hall–Kier alpha value is -1.71. The largest absolute Gasteiger partial charge is 0.360 e. The van der Waals surface area contributed by atoms with Crippen LogP contribution >= 0.6 is 0 Å². The van der Waals surface area contributed by atoms with Crippen molar-refractivity contribution in [3.05, 3.63) is 29.4 Å². The first-order valence-electron chi connectivity index (χ1n) is 6.56. The Kier molecular flexibility index (Phi) is 4.76. The average Bonchev–Trinajstić information content (AvgIpc) is 3.03. The third kappa shape index (κ3) is 3.90. The molecule has 0 spiro atoms. The highest BCUT2D eigenvalue weighted by Crippen LogP contribution is 2.18. The molecule has 0 aliphatic rings. The van der Waals surface area contributed by atoms with Gasteiger partial charge in [0.15, 0.2) is 5.76 Å². The Morgan fingerprint density at radius 1 is 1.38 bits per heavy atom. The lowest BCUT2D eigenvalue weighted by Crippen LogP contribution is -2.27. The van der Waals surface area contributed by atoms with Crippen molar-refractivity contribution in [1.29, 1.82) is 0 Å². The summed E-state index contributed by atoms with van der Waals surface area (Å²) in [4.78, 5) is 0.176. The maximum atomic E-state index is 12.4. The Balaban J connectivity index is 2.16. The second-order valence-corrected chi connectivity index (χ2v) is 6.67. The average molecular weight is 313 g/mol. The summed E-state index contributed by atoms with van der Waals surface area (Å²) >= 11 is 0. The number of hydrogen-bond acceptors (Lipinski definition) is 6. The molecule has 0 atom stereocenters. The summed E-state index contributed by atoms with van der Waals surface area (Å²) in [6, 6.07) is 1.84. The molecular formula is C12H19N5O3S. The van der Waals surface area contributed by atoms with Crippen molar-refractivity contribution < 1.29 is 12.9 Å². The minimum absolute atomic E-state index is 0.0456. The predicted octanol–water partition coefficient (Wildman–Crippen LogP) is 0.683. The molecule has 0 bridgehead atoms. The van der Waals surface area contributed by atoms with Crippen LogP contribution < -0.4 is 10.0 Å². The molecule has 0 amide bonds. The zero-order valence-electron chi connectivity index (χ0n) is 12.2. The van der Waals surface area contributed by atoms with Crippen LogP contribution in [0.2, 0.25) is 0 Å². The van der Waals surface area contributed by atoms with Gasteiger partial charge in [-0.15, -0.1) is 0 Å². The molecule has 0 radical (unpaired) electrons. The van der Waals surface area contributed by atoms with Crippen LogP contribution in [0.15, 0.2) is 21.7 Å². The van der Waals surface area contributed by atoms with Gasteiger partial charge in [0, 0.05) is 18.7 Å². The fourth-order valence-electron chi connectivity index (χ4n) is 1.82. The monoisotopic (exact) mass is 313 g/mol. The molecule has 116 valence electrons. The van der Waals surface area contributed by atoms with Crippen molar-refractivity contribution in [2.75, 3.05) is 0 Å². The number of H-pyrrole nitrogens is 1. The van der Waals surface area contributed by atoms with Crippen molar-refractivity contribution in [2.24, 2.45) is 0 Å². The van der Waals surface area contributed by atoms with Gasteiger partial charge >= 0.3 is 0 Å². The third-order valence-electron chi connectivity index (χ3n) is 2.84. The van der Waals surface area contributed by atoms with Crippen LogP contribution in [0.3, 0.4) is 0 Å². The van der Waals surface area contributed by atoms with Crippen molar-refractivity contribution in [3.8, 4) is 0 Å². The Morgan fingerprint density at radius 2 is 2.14 bits per heavy atom. The van der Waals surface area contributed by atoms with Gasteiger partial charge in [0.1, 0.15) is 4.90 Å². The fourth-order valence-corrected chi connectivity index (χ4v) is 3.17. The molecule has 2 aromatic heterocycles. The summed E-state index contributed by atoms with van der Waals surface area (Å²) in [5, 5.41) is 13.5. The SMILES string of the molecule is Cc1[nH]nc(CNC(C)C)c1S(=O)(=O)NCc1ccno1. The molecule has 2 aromatic rings. The number of aromatic nitrogens is 3. The summed E-state index contributed by atoms with van der Waals surface area (Å²) < 4.78 is 32.2. The highest BCUT2D eigenvalue weighted by Gasteiger charge is 2.24. The molecule has 9 heteroatoms. The number of hydrogen-bond donors (Lipinski definition) is 3. The van der Waals surface area contributed by atoms with Crippen molar-refractivity contribution in [2.45, 2.75) is 44.8 Å². The van der Waals surface area contributed by atoms with Crippen LogP contribution in [0.1, 0.15) is 31.0 Å². The highest BCUT2D eigenvalue weighted by atomic mass is 32.2. The summed E-state index contributed by atoms with van der Waals surface area (Å²) in [7, 11) is -3.67. The quantitative estimate of drug-likeness (QED) is 0.693. The molecule has 21 heavy (non-hydrogen) atoms. The first kappa shape index (κ1) is 15.7. The van der Waals surface area contributed by atoms with E-state index < -0.39 is 10.0 Å². The number of sulfonamides is 1. The molecule has 0 aliphatic heterocycles. The van der Waals surface area contributed by atoms with Crippen molar-refractivity contribution in [3.63, 3.8) is 0 Å². The zero-order chi connectivity index (χ0) is 15.5. The lowest BCUT2D eigenvalue weighted by atomic mass is 10.3. The topological polar surface area (TPSA) is 113 Å². The van der Waals surface area contributed by atoms with E-state index in [0.29, 0.717) is 23.7 Å². The smallest absolute Gasteiger partial charge is 0.244 e. The molecule has 0 aromatic carbocycles. The number of aryl methyl sites for hydroxylation is 1. The molecule has 2 rings (SSSR count). The predicted molar refractivity (Wildman–Crippen MR) is 75.8 cm³/mol. The molecule has 0 unspecified atom stereocenters. The molecule has 0 fully saturated rings. The first-order valence-corrected chi connectivity index (χ1v) is 8.05. The summed E-state index contributed by atoms with van der Waals surface area (Å²) in [5.74, 6) is 0.446. The van der Waals surface area contributed by atoms with Crippen LogP contribution in [-0.2, 0) is 23.1 Å². The minimum atomic E-state index is -3.67. The van der Waals surface area contributed by atoms with E-state index in [0.717, 1.165) is 0 Å². The standard InChI is InChI=1S/C12H19N5O3S/c1-8(2)13-7-11-12(9(3)16-17-11)21(18,19)15-6-10-4-5-14-20-10/h4-5,8,13,15H,6-7H2,1-3H3,(H,16,17). The second kappa shape index (κ2) is 6.37. The summed E-state index contributed by atoms with van der Waals surface area (Å²) in [6.45, 7) is 6.06. The van der Waals surface area contributed by atoms with E-state index >= 15 is 0 Å². The first-order chi connectivity index (χ1) is 9.90. The van der Waals surface area contributed by atoms with Crippen LogP contribution in [0.4, 0.5) is 0 Å². The maximum Gasteiger partial charge on any atom is 0.244 e. The van der Waals surface area contributed by atoms with Crippen LogP contribution in [0.5, 0.6) is 0 Å². The van der Waals surface area contributed by atoms with Gasteiger partial charge in [-0.25, -0.2) is 13.1 Å². The van der Waals surface area contributed by atoms with E-state index in [9.17, 15) is 8.42 Å². The fraction of sp³-hybridized carbons (Fsp3) is 0.500. The Morgan fingerprint density at radius 3 is 2.76 bits per heavy atom. The lowest BCUT2D eigenvalue weighted by molar-refractivity contribution is 0.380. The summed E-state index contributed by atoms with van der Waals surface area (Å²) in [6.07, 6.45) is 1.46. The molecule has 8 nitrogen and oxygen atoms in total. The zero-order valence-corrected chi connectivity index (χ0v) is 13.0. The van der Waals surface area contributed by atoms with Gasteiger partial charge in [0.05, 0.1) is 24.1 Å². The van der Waals surface area contributed by atoms with Crippen LogP contribution in [0, 0.1) is 6.92 Å². The molecule has 0 saturated carbocycles. The number of nitrogens with zero attached hydrogens (tertiary/aromatic N) is 2. The van der Waals surface area contributed by atoms with Gasteiger partial charge in [-0.2, -0.15) is 5.10 Å². The van der Waals surface area contributed by atoms with Gasteiger partial charge in [0.25, 0.3) is 0 Å². The van der Waals surface area contributed by atoms with Gasteiger partial charge < -0.3 is 9.84 Å². The normalized spacial score (nSPS) is 12.2. The molecule has 3 N–H and O–H groups in total. The maximum absolute atomic E-state index is 12.4. The number of rotatable bonds is 7. The lowest BCUT2D eigenvalue weighted by Gasteiger charge is -2.09. The van der Waals surface area contributed by atoms with E-state index in [1.54, 1.807) is 13.0 Å². The van der Waals surface area contributed by atoms with Crippen molar-refractivity contribution >= 4 is 10.0 Å². The molecule has 2 heterocycles. The van der Waals surface area contributed by atoms with Gasteiger partial charge in [-0.3, -0.25) is 5.10 Å². The Labute approximate surface area is 123 Å². The Bertz CT molecular complexity index is 676.